The molecule has 1 heterocycles. The maximum Gasteiger partial charge on any atom is 0.346 e. The molecule has 0 fully saturated rings. The molecule has 4 N–H and O–H groups in total. The van der Waals surface area contributed by atoms with Crippen LogP contribution in [-0.4, -0.2) is 11.9 Å². The molecule has 26 heavy (non-hydrogen) atoms. The summed E-state index contributed by atoms with van der Waals surface area (Å²) in [4.78, 5) is 23.1. The van der Waals surface area contributed by atoms with Gasteiger partial charge in [0.1, 0.15) is 0 Å². The Hall–Kier alpha value is -2.86. The molecule has 0 atom stereocenters. The summed E-state index contributed by atoms with van der Waals surface area (Å²) in [6.07, 6.45) is 0. The number of cyclic esters (lactones) is 2. The van der Waals surface area contributed by atoms with Crippen LogP contribution in [0.25, 0.3) is 10.8 Å². The van der Waals surface area contributed by atoms with Crippen molar-refractivity contribution < 1.29 is 14.3 Å². The summed E-state index contributed by atoms with van der Waals surface area (Å²) in [6.45, 7) is 4.00. The number of para-hydroxylation sites is 2. The fourth-order valence-corrected chi connectivity index (χ4v) is 2.88. The van der Waals surface area contributed by atoms with Crippen molar-refractivity contribution in [2.24, 2.45) is 0 Å². The van der Waals surface area contributed by atoms with Gasteiger partial charge in [-0.15, -0.1) is 0 Å². The zero-order chi connectivity index (χ0) is 19.3. The highest BCUT2D eigenvalue weighted by Crippen LogP contribution is 2.33. The molecular weight excluding hydrogens is 396 g/mol. The van der Waals surface area contributed by atoms with Crippen LogP contribution in [0.4, 0.5) is 11.4 Å². The van der Waals surface area contributed by atoms with Crippen LogP contribution in [0.1, 0.15) is 34.6 Å². The van der Waals surface area contributed by atoms with E-state index in [2.05, 4.69) is 20.7 Å². The molecule has 0 amide bonds. The molecule has 0 saturated carbocycles. The molecule has 5 nitrogen and oxygen atoms in total. The van der Waals surface area contributed by atoms with Gasteiger partial charge in [0, 0.05) is 9.86 Å². The van der Waals surface area contributed by atoms with Crippen molar-refractivity contribution in [1.29, 1.82) is 0 Å². The number of esters is 2. The Morgan fingerprint density at radius 2 is 1.31 bits per heavy atom. The number of nitrogens with two attached hydrogens (primary N) is 2. The van der Waals surface area contributed by atoms with Gasteiger partial charge >= 0.3 is 11.9 Å². The number of halogens is 1. The molecule has 3 aromatic carbocycles. The Morgan fingerprint density at radius 3 is 1.85 bits per heavy atom. The van der Waals surface area contributed by atoms with Crippen LogP contribution in [0.3, 0.4) is 0 Å². The highest BCUT2D eigenvalue weighted by molar-refractivity contribution is 9.10. The second-order valence-electron chi connectivity index (χ2n) is 5.13. The maximum absolute atomic E-state index is 11.5. The third-order valence-electron chi connectivity index (χ3n) is 3.61. The second-order valence-corrected chi connectivity index (χ2v) is 5.98. The molecule has 3 aromatic rings. The number of carbonyl (C=O) groups excluding carboxylic acids is 2. The highest BCUT2D eigenvalue weighted by Gasteiger charge is 2.27. The molecule has 0 spiro atoms. The first-order valence-electron chi connectivity index (χ1n) is 8.06. The van der Waals surface area contributed by atoms with E-state index in [0.29, 0.717) is 27.9 Å². The highest BCUT2D eigenvalue weighted by atomic mass is 79.9. The Labute approximate surface area is 160 Å². The van der Waals surface area contributed by atoms with Crippen LogP contribution in [0, 0.1) is 0 Å². The number of anilines is 2. The average molecular weight is 415 g/mol. The zero-order valence-corrected chi connectivity index (χ0v) is 16.0. The first-order valence-corrected chi connectivity index (χ1v) is 8.86. The fourth-order valence-electron chi connectivity index (χ4n) is 2.42. The summed E-state index contributed by atoms with van der Waals surface area (Å²) in [5, 5.41) is 1.51. The number of hydrogen-bond donors (Lipinski definition) is 2. The lowest BCUT2D eigenvalue weighted by Crippen LogP contribution is -2.19. The van der Waals surface area contributed by atoms with E-state index in [9.17, 15) is 9.59 Å². The van der Waals surface area contributed by atoms with Gasteiger partial charge in [-0.05, 0) is 35.7 Å². The first-order chi connectivity index (χ1) is 12.5. The predicted octanol–water partition coefficient (Wildman–Crippen LogP) is 4.79. The van der Waals surface area contributed by atoms with Gasteiger partial charge in [0.15, 0.2) is 0 Å². The lowest BCUT2D eigenvalue weighted by Gasteiger charge is -2.15. The molecule has 0 aliphatic carbocycles. The van der Waals surface area contributed by atoms with Gasteiger partial charge in [-0.3, -0.25) is 0 Å². The van der Waals surface area contributed by atoms with Crippen LogP contribution < -0.4 is 11.5 Å². The van der Waals surface area contributed by atoms with Crippen molar-refractivity contribution in [3.05, 3.63) is 70.2 Å². The second kappa shape index (κ2) is 8.49. The van der Waals surface area contributed by atoms with E-state index in [4.69, 9.17) is 11.5 Å². The topological polar surface area (TPSA) is 95.4 Å². The van der Waals surface area contributed by atoms with E-state index in [1.165, 1.54) is 0 Å². The summed E-state index contributed by atoms with van der Waals surface area (Å²) < 4.78 is 5.51. The third kappa shape index (κ3) is 3.86. The maximum atomic E-state index is 11.5. The first kappa shape index (κ1) is 19.5. The number of benzene rings is 3. The molecule has 6 heteroatoms. The molecule has 4 rings (SSSR count). The Bertz CT molecular complexity index is 929. The van der Waals surface area contributed by atoms with Crippen molar-refractivity contribution in [3.8, 4) is 0 Å². The van der Waals surface area contributed by atoms with Gasteiger partial charge in [0.2, 0.25) is 0 Å². The normalized spacial score (nSPS) is 11.7. The molecular formula is C20H19BrN2O3. The smallest absolute Gasteiger partial charge is 0.346 e. The summed E-state index contributed by atoms with van der Waals surface area (Å²) in [7, 11) is 0. The molecule has 0 aromatic heterocycles. The summed E-state index contributed by atoms with van der Waals surface area (Å²) >= 11 is 3.39. The summed E-state index contributed by atoms with van der Waals surface area (Å²) in [5.41, 5.74) is 13.0. The van der Waals surface area contributed by atoms with Gasteiger partial charge in [0.05, 0.1) is 22.5 Å². The van der Waals surface area contributed by atoms with Gasteiger partial charge in [-0.2, -0.15) is 0 Å². The summed E-state index contributed by atoms with van der Waals surface area (Å²) in [6, 6.07) is 16.0. The van der Waals surface area contributed by atoms with Crippen molar-refractivity contribution in [2.45, 2.75) is 13.8 Å². The van der Waals surface area contributed by atoms with Crippen molar-refractivity contribution in [2.75, 3.05) is 11.5 Å². The molecule has 0 saturated heterocycles. The molecule has 134 valence electrons. The number of carbonyl (C=O) groups is 2. The van der Waals surface area contributed by atoms with Crippen LogP contribution in [0.15, 0.2) is 59.1 Å². The summed E-state index contributed by atoms with van der Waals surface area (Å²) in [5.74, 6) is -1.16. The van der Waals surface area contributed by atoms with E-state index in [0.717, 1.165) is 9.86 Å². The largest absolute Gasteiger partial charge is 0.397 e. The van der Waals surface area contributed by atoms with Gasteiger partial charge in [0.25, 0.3) is 0 Å². The SMILES string of the molecule is CC.Nc1ccccc1N.O=C1OC(=O)c2ccc(Br)c3cccc1c23. The lowest BCUT2D eigenvalue weighted by atomic mass is 9.97. The lowest BCUT2D eigenvalue weighted by molar-refractivity contribution is 0.0391. The van der Waals surface area contributed by atoms with E-state index in [-0.39, 0.29) is 0 Å². The predicted molar refractivity (Wildman–Crippen MR) is 108 cm³/mol. The van der Waals surface area contributed by atoms with Gasteiger partial charge < -0.3 is 16.2 Å². The van der Waals surface area contributed by atoms with Crippen LogP contribution in [0.5, 0.6) is 0 Å². The van der Waals surface area contributed by atoms with Crippen LogP contribution in [-0.2, 0) is 4.74 Å². The molecule has 1 aliphatic heterocycles. The number of hydrogen-bond acceptors (Lipinski definition) is 5. The minimum atomic E-state index is -0.582. The Balaban J connectivity index is 0.000000206. The van der Waals surface area contributed by atoms with Crippen LogP contribution in [0.2, 0.25) is 0 Å². The van der Waals surface area contributed by atoms with Crippen molar-refractivity contribution in [3.63, 3.8) is 0 Å². The third-order valence-corrected chi connectivity index (χ3v) is 4.30. The van der Waals surface area contributed by atoms with Crippen molar-refractivity contribution >= 4 is 50.0 Å². The Morgan fingerprint density at radius 1 is 0.769 bits per heavy atom. The molecule has 1 aliphatic rings. The fraction of sp³-hybridized carbons (Fsp3) is 0.100. The minimum Gasteiger partial charge on any atom is -0.397 e. The van der Waals surface area contributed by atoms with E-state index in [1.54, 1.807) is 36.4 Å². The quantitative estimate of drug-likeness (QED) is 0.313. The van der Waals surface area contributed by atoms with Gasteiger partial charge in [-0.1, -0.05) is 54.0 Å². The number of rotatable bonds is 0. The number of nitrogen functional groups attached to an aromatic ring is 2. The monoisotopic (exact) mass is 414 g/mol. The van der Waals surface area contributed by atoms with E-state index in [1.807, 2.05) is 32.0 Å². The van der Waals surface area contributed by atoms with Gasteiger partial charge in [-0.25, -0.2) is 9.59 Å². The molecule has 0 radical (unpaired) electrons. The molecule has 0 bridgehead atoms. The minimum absolute atomic E-state index is 0.438. The average Bonchev–Trinajstić information content (AvgIpc) is 2.65. The number of ether oxygens (including phenoxy) is 1. The van der Waals surface area contributed by atoms with Crippen molar-refractivity contribution in [1.82, 2.24) is 0 Å². The molecule has 0 unspecified atom stereocenters. The standard InChI is InChI=1S/C12H5BrO3.C6H8N2.C2H6/c13-9-5-4-8-10-6(9)2-1-3-7(10)11(14)16-12(8)15;7-5-3-1-2-4-6(5)8;1-2/h1-5H;1-4H,7-8H2;1-2H3. The van der Waals surface area contributed by atoms with E-state index >= 15 is 0 Å². The Kier molecular flexibility index (Phi) is 6.36. The zero-order valence-electron chi connectivity index (χ0n) is 14.5. The van der Waals surface area contributed by atoms with E-state index < -0.39 is 11.9 Å². The van der Waals surface area contributed by atoms with Crippen LogP contribution >= 0.6 is 15.9 Å².